The van der Waals surface area contributed by atoms with Crippen LogP contribution in [0.25, 0.3) is 22.6 Å². The zero-order valence-corrected chi connectivity index (χ0v) is 64.0. The van der Waals surface area contributed by atoms with Crippen molar-refractivity contribution in [3.63, 3.8) is 0 Å². The van der Waals surface area contributed by atoms with Gasteiger partial charge in [-0.3, -0.25) is 19.2 Å². The number of rotatable bonds is 4. The van der Waals surface area contributed by atoms with Gasteiger partial charge in [0.15, 0.2) is 33.8 Å². The highest BCUT2D eigenvalue weighted by Gasteiger charge is 2.46. The number of hydrogen-bond donors (Lipinski definition) is 8. The second kappa shape index (κ2) is 28.3. The van der Waals surface area contributed by atoms with Crippen molar-refractivity contribution < 1.29 is 56.4 Å². The van der Waals surface area contributed by atoms with Crippen molar-refractivity contribution in [1.82, 2.24) is 79.7 Å². The molecule has 0 radical (unpaired) electrons. The minimum absolute atomic E-state index is 0.0238. The van der Waals surface area contributed by atoms with Crippen LogP contribution in [-0.2, 0) is 35.2 Å². The molecule has 34 heteroatoms. The Labute approximate surface area is 652 Å². The third-order valence-corrected chi connectivity index (χ3v) is 21.7. The fourth-order valence-corrected chi connectivity index (χ4v) is 16.4. The lowest BCUT2D eigenvalue weighted by Gasteiger charge is -2.29. The highest BCUT2D eigenvalue weighted by Crippen LogP contribution is 2.47. The first-order valence-corrected chi connectivity index (χ1v) is 37.5. The normalized spacial score (nSPS) is 23.2. The molecule has 0 fully saturated rings. The topological polar surface area (TPSA) is 364 Å². The summed E-state index contributed by atoms with van der Waals surface area (Å²) >= 11 is 3.61. The van der Waals surface area contributed by atoms with Crippen LogP contribution in [0.1, 0.15) is 157 Å². The Hall–Kier alpha value is -12.6. The summed E-state index contributed by atoms with van der Waals surface area (Å²) in [6.45, 7) is 13.5. The van der Waals surface area contributed by atoms with Crippen molar-refractivity contribution in [1.29, 1.82) is 5.26 Å². The lowest BCUT2D eigenvalue weighted by atomic mass is 9.95. The van der Waals surface area contributed by atoms with E-state index in [1.54, 1.807) is 81.5 Å². The zero-order chi connectivity index (χ0) is 78.6. The number of nitrogens with zero attached hydrogens (tertiary/aromatic N) is 13. The summed E-state index contributed by atoms with van der Waals surface area (Å²) in [5.74, 6) is 3.59. The van der Waals surface area contributed by atoms with Crippen molar-refractivity contribution >= 4 is 85.4 Å². The van der Waals surface area contributed by atoms with Crippen molar-refractivity contribution in [2.24, 2.45) is 0 Å². The number of benzene rings is 4. The van der Waals surface area contributed by atoms with Gasteiger partial charge in [-0.25, -0.2) is 46.8 Å². The first-order chi connectivity index (χ1) is 54.3. The van der Waals surface area contributed by atoms with E-state index < -0.39 is 22.4 Å². The predicted molar refractivity (Wildman–Crippen MR) is 411 cm³/mol. The number of halogens is 3. The Bertz CT molecular complexity index is 5790. The van der Waals surface area contributed by atoms with Crippen LogP contribution in [0.4, 0.5) is 32.1 Å². The van der Waals surface area contributed by atoms with Gasteiger partial charge in [-0.1, -0.05) is 15.9 Å². The number of nitrogens with one attached hydrogen (secondary N) is 8. The van der Waals surface area contributed by atoms with E-state index in [9.17, 15) is 33.2 Å². The average Bonchev–Trinajstić information content (AvgIpc) is 1.63. The number of ether oxygens (including phenoxy) is 6. The van der Waals surface area contributed by atoms with E-state index >= 15 is 0 Å². The first kappa shape index (κ1) is 73.2. The van der Waals surface area contributed by atoms with Gasteiger partial charge in [-0.2, -0.15) is 25.7 Å². The molecule has 0 spiro atoms. The molecule has 0 aliphatic carbocycles. The number of aromatic nitrogens is 12. The van der Waals surface area contributed by atoms with Crippen LogP contribution in [0, 0.1) is 23.0 Å². The molecule has 578 valence electrons. The summed E-state index contributed by atoms with van der Waals surface area (Å²) < 4.78 is 72.1. The van der Waals surface area contributed by atoms with Gasteiger partial charge in [0.1, 0.15) is 91.4 Å². The van der Waals surface area contributed by atoms with Gasteiger partial charge in [-0.05, 0) is 125 Å². The SMILES string of the molecule is COC[C@@]12CNC(=O)c3cnn4ccc(nc34)N[C@H](C)c3cc(F)cc(c3O1)C2.COC[C@]12CNC(=O)c3cnn4ccc(nc34)N[C@H](C)c3cc(F)cc(c3O1)C2.C[C@H]1Nc2ccn3ncc(c3n2)C(=O)NCC2(C)Cc3cc(Br)cc1c3O2.C[C@H]1Nc2ccn3ncc(c3n2)C(=O)NCC2(C)Cc3cc(C#N)cc1c3O2. The maximum atomic E-state index is 14.4. The summed E-state index contributed by atoms with van der Waals surface area (Å²) in [6.07, 6.45) is 15.3. The van der Waals surface area contributed by atoms with Gasteiger partial charge in [0.25, 0.3) is 23.6 Å². The van der Waals surface area contributed by atoms with Crippen LogP contribution in [-0.4, -0.2) is 158 Å². The summed E-state index contributed by atoms with van der Waals surface area (Å²) in [7, 11) is 3.15. The molecule has 4 aromatic carbocycles. The number of nitriles is 1. The molecule has 20 rings (SSSR count). The fraction of sp³-hybridized carbons (Fsp3) is 0.329. The Balaban J connectivity index is 0.000000109. The second-order valence-electron chi connectivity index (χ2n) is 30.1. The van der Waals surface area contributed by atoms with E-state index in [0.29, 0.717) is 129 Å². The number of fused-ring (bicyclic) bond motifs is 8. The molecule has 2 unspecified atom stereocenters. The van der Waals surface area contributed by atoms with Crippen LogP contribution in [0.2, 0.25) is 0 Å². The van der Waals surface area contributed by atoms with Crippen LogP contribution < -0.4 is 61.5 Å². The molecule has 8 N–H and O–H groups in total. The Kier molecular flexibility index (Phi) is 18.3. The van der Waals surface area contributed by atoms with Gasteiger partial charge in [-0.15, -0.1) is 0 Å². The molecule has 0 saturated heterocycles. The number of methoxy groups -OCH3 is 2. The summed E-state index contributed by atoms with van der Waals surface area (Å²) in [5.41, 5.74) is 8.33. The van der Waals surface area contributed by atoms with Crippen LogP contribution in [0.3, 0.4) is 0 Å². The van der Waals surface area contributed by atoms with E-state index in [0.717, 1.165) is 55.8 Å². The average molecular weight is 1600 g/mol. The van der Waals surface area contributed by atoms with Gasteiger partial charge < -0.3 is 71.0 Å². The minimum Gasteiger partial charge on any atom is -0.485 e. The lowest BCUT2D eigenvalue weighted by Crippen LogP contribution is -2.50. The molecule has 113 heavy (non-hydrogen) atoms. The highest BCUT2D eigenvalue weighted by atomic mass is 79.9. The fourth-order valence-electron chi connectivity index (χ4n) is 15.9. The number of hydrogen-bond acceptors (Lipinski definition) is 23. The molecule has 4 amide bonds. The molecular weight excluding hydrogens is 1520 g/mol. The van der Waals surface area contributed by atoms with Gasteiger partial charge >= 0.3 is 0 Å². The molecule has 16 bridgehead atoms. The summed E-state index contributed by atoms with van der Waals surface area (Å²) in [4.78, 5) is 69.4. The number of carbonyl (C=O) groups is 4. The van der Waals surface area contributed by atoms with E-state index in [4.69, 9.17) is 28.4 Å². The van der Waals surface area contributed by atoms with Crippen LogP contribution in [0.15, 0.2) is 127 Å². The van der Waals surface area contributed by atoms with E-state index in [2.05, 4.69) is 124 Å². The molecule has 8 aliphatic rings. The first-order valence-electron chi connectivity index (χ1n) is 36.7. The van der Waals surface area contributed by atoms with E-state index in [1.165, 1.54) is 42.9 Å². The molecule has 8 aliphatic heterocycles. The molecule has 0 saturated carbocycles. The van der Waals surface area contributed by atoms with Crippen molar-refractivity contribution in [2.45, 2.75) is 114 Å². The van der Waals surface area contributed by atoms with Crippen LogP contribution in [0.5, 0.6) is 23.0 Å². The van der Waals surface area contributed by atoms with Gasteiger partial charge in [0.05, 0.1) is 100.0 Å². The van der Waals surface area contributed by atoms with E-state index in [1.807, 2.05) is 52.8 Å². The summed E-state index contributed by atoms with van der Waals surface area (Å²) in [5, 5.41) is 51.4. The van der Waals surface area contributed by atoms with E-state index in [-0.39, 0.29) is 85.7 Å². The lowest BCUT2D eigenvalue weighted by molar-refractivity contribution is 0.00666. The Morgan fingerprint density at radius 2 is 0.779 bits per heavy atom. The Morgan fingerprint density at radius 1 is 0.460 bits per heavy atom. The molecule has 16 heterocycles. The van der Waals surface area contributed by atoms with Crippen molar-refractivity contribution in [3.05, 3.63) is 211 Å². The standard InChI is InChI=1S/2C20H20FN5O3.C20H18N6O2.C19H18BrN5O2/c2*1-11-14-6-13(21)5-12-7-20(10-28-2,29-17(12)14)9-22-19(27)15-8-23-26-4-3-16(24-11)25-18(15)26;1-11-14-6-12(8-21)5-13-7-20(2,28-17(13)14)10-22-19(27)15-9-23-26-4-3-16(24-11)25-18(15)26;1-10-13-6-12(20)5-11-7-19(2,27-16(11)13)9-21-18(26)14-8-22-25-4-3-15(23-10)24-17(14)25/h2*3-6,8,11H,7,9-10H2,1-2H3,(H,22,27)(H,24,25);3-6,9,11H,7,10H2,1-2H3,(H,22,27)(H,24,25);3-6,8,10H,7,9H2,1-2H3,(H,21,26)(H,23,24)/t11-,20+;11-,20-;11-,20?;10-,19?/m1111/s1. The second-order valence-corrected chi connectivity index (χ2v) is 31.0. The maximum Gasteiger partial charge on any atom is 0.256 e. The van der Waals surface area contributed by atoms with Gasteiger partial charge in [0.2, 0.25) is 0 Å². The largest absolute Gasteiger partial charge is 0.485 e. The quantitative estimate of drug-likeness (QED) is 0.0812. The maximum absolute atomic E-state index is 14.4. The molecule has 8 aromatic heterocycles. The molecule has 31 nitrogen and oxygen atoms in total. The highest BCUT2D eigenvalue weighted by molar-refractivity contribution is 9.10. The monoisotopic (exact) mass is 1600 g/mol. The Morgan fingerprint density at radius 3 is 1.13 bits per heavy atom. The number of carbonyl (C=O) groups excluding carboxylic acids is 4. The molecule has 8 atom stereocenters. The predicted octanol–water partition coefficient (Wildman–Crippen LogP) is 9.52. The zero-order valence-electron chi connectivity index (χ0n) is 62.5. The summed E-state index contributed by atoms with van der Waals surface area (Å²) in [6, 6.07) is 22.5. The molecular formula is C79H76BrF2N21O10. The number of amides is 4. The van der Waals surface area contributed by atoms with Crippen LogP contribution >= 0.6 is 15.9 Å². The third-order valence-electron chi connectivity index (χ3n) is 21.3. The van der Waals surface area contributed by atoms with Gasteiger partial charge in [0, 0.05) is 103 Å². The molecule has 12 aromatic rings. The third kappa shape index (κ3) is 13.8. The smallest absolute Gasteiger partial charge is 0.256 e. The number of anilines is 4. The van der Waals surface area contributed by atoms with Crippen molar-refractivity contribution in [3.8, 4) is 29.1 Å². The minimum atomic E-state index is -0.818. The van der Waals surface area contributed by atoms with Crippen molar-refractivity contribution in [2.75, 3.05) is 74.9 Å².